The molecule has 16 heavy (non-hydrogen) atoms. The molecular weight excluding hydrogens is 224 g/mol. The monoisotopic (exact) mass is 246 g/mol. The molecule has 0 aromatic heterocycles. The van der Waals surface area contributed by atoms with Crippen molar-refractivity contribution in [2.24, 2.45) is 0 Å². The summed E-state index contributed by atoms with van der Waals surface area (Å²) in [5, 5.41) is 0. The summed E-state index contributed by atoms with van der Waals surface area (Å²) in [7, 11) is -2.10. The second-order valence-corrected chi connectivity index (χ2v) is 7.54. The Hall–Kier alpha value is -0.233. The third kappa shape index (κ3) is 5.20. The normalized spacial score (nSPS) is 19.8. The SMILES string of the molecule is CCO[Si](C)(CCC(=O)CC1CO1)OCC. The van der Waals surface area contributed by atoms with Crippen LogP contribution in [-0.4, -0.2) is 40.3 Å². The average Bonchev–Trinajstić information content (AvgIpc) is 3.00. The lowest BCUT2D eigenvalue weighted by Gasteiger charge is -2.25. The maximum Gasteiger partial charge on any atom is 0.335 e. The average molecular weight is 246 g/mol. The number of Topliss-reactive ketones (excluding diaryl/α,β-unsaturated/α-hetero) is 1. The van der Waals surface area contributed by atoms with Crippen molar-refractivity contribution in [3.05, 3.63) is 0 Å². The minimum atomic E-state index is -2.10. The van der Waals surface area contributed by atoms with Gasteiger partial charge in [-0.15, -0.1) is 0 Å². The number of carbonyl (C=O) groups excluding carboxylic acids is 1. The van der Waals surface area contributed by atoms with Gasteiger partial charge in [-0.1, -0.05) is 0 Å². The van der Waals surface area contributed by atoms with Gasteiger partial charge in [-0.2, -0.15) is 0 Å². The van der Waals surface area contributed by atoms with Crippen molar-refractivity contribution in [1.82, 2.24) is 0 Å². The molecule has 94 valence electrons. The maximum absolute atomic E-state index is 11.6. The minimum absolute atomic E-state index is 0.194. The molecule has 0 aromatic rings. The van der Waals surface area contributed by atoms with Crippen molar-refractivity contribution in [2.75, 3.05) is 19.8 Å². The molecule has 0 aromatic carbocycles. The van der Waals surface area contributed by atoms with E-state index in [4.69, 9.17) is 13.6 Å². The summed E-state index contributed by atoms with van der Waals surface area (Å²) in [6.45, 7) is 8.01. The van der Waals surface area contributed by atoms with Crippen LogP contribution in [0.1, 0.15) is 26.7 Å². The summed E-state index contributed by atoms with van der Waals surface area (Å²) in [5.74, 6) is 0.264. The van der Waals surface area contributed by atoms with Gasteiger partial charge in [0.05, 0.1) is 12.7 Å². The molecule has 0 saturated carbocycles. The van der Waals surface area contributed by atoms with Crippen molar-refractivity contribution in [1.29, 1.82) is 0 Å². The van der Waals surface area contributed by atoms with E-state index in [2.05, 4.69) is 0 Å². The highest BCUT2D eigenvalue weighted by atomic mass is 28.4. The number of hydrogen-bond acceptors (Lipinski definition) is 4. The van der Waals surface area contributed by atoms with Crippen LogP contribution in [-0.2, 0) is 18.4 Å². The number of hydrogen-bond donors (Lipinski definition) is 0. The van der Waals surface area contributed by atoms with Gasteiger partial charge in [-0.05, 0) is 26.4 Å². The summed E-state index contributed by atoms with van der Waals surface area (Å²) in [6.07, 6.45) is 1.31. The quantitative estimate of drug-likeness (QED) is 0.460. The Balaban J connectivity index is 2.26. The van der Waals surface area contributed by atoms with Gasteiger partial charge in [0, 0.05) is 26.1 Å². The number of rotatable bonds is 9. The van der Waals surface area contributed by atoms with Crippen LogP contribution in [0.25, 0.3) is 0 Å². The molecule has 0 bridgehead atoms. The van der Waals surface area contributed by atoms with Crippen molar-refractivity contribution in [3.8, 4) is 0 Å². The molecule has 1 atom stereocenters. The fourth-order valence-corrected chi connectivity index (χ4v) is 4.03. The zero-order valence-electron chi connectivity index (χ0n) is 10.5. The standard InChI is InChI=1S/C11H22O4Si/c1-4-14-16(3,15-5-2)7-6-10(12)8-11-9-13-11/h11H,4-9H2,1-3H3. The smallest absolute Gasteiger partial charge is 0.335 e. The molecular formula is C11H22O4Si. The Labute approximate surface area is 98.5 Å². The van der Waals surface area contributed by atoms with E-state index in [1.807, 2.05) is 20.4 Å². The van der Waals surface area contributed by atoms with Crippen LogP contribution in [0.4, 0.5) is 0 Å². The molecule has 1 aliphatic heterocycles. The first kappa shape index (κ1) is 13.8. The zero-order chi connectivity index (χ0) is 12.0. The Kier molecular flexibility index (Phi) is 5.61. The van der Waals surface area contributed by atoms with E-state index in [9.17, 15) is 4.79 Å². The molecule has 4 nitrogen and oxygen atoms in total. The fourth-order valence-electron chi connectivity index (χ4n) is 1.71. The van der Waals surface area contributed by atoms with Crippen molar-refractivity contribution in [2.45, 2.75) is 45.4 Å². The lowest BCUT2D eigenvalue weighted by molar-refractivity contribution is -0.119. The molecule has 1 unspecified atom stereocenters. The molecule has 1 fully saturated rings. The van der Waals surface area contributed by atoms with E-state index in [0.717, 1.165) is 12.7 Å². The Morgan fingerprint density at radius 2 is 1.94 bits per heavy atom. The highest BCUT2D eigenvalue weighted by Gasteiger charge is 2.32. The molecule has 5 heteroatoms. The molecule has 1 rings (SSSR count). The third-order valence-electron chi connectivity index (χ3n) is 2.61. The van der Waals surface area contributed by atoms with E-state index in [-0.39, 0.29) is 11.9 Å². The molecule has 0 N–H and O–H groups in total. The lowest BCUT2D eigenvalue weighted by atomic mass is 10.2. The first-order valence-electron chi connectivity index (χ1n) is 6.01. The summed E-state index contributed by atoms with van der Waals surface area (Å²) in [6, 6.07) is 0.750. The summed E-state index contributed by atoms with van der Waals surface area (Å²) >= 11 is 0. The van der Waals surface area contributed by atoms with Gasteiger partial charge in [0.25, 0.3) is 0 Å². The van der Waals surface area contributed by atoms with E-state index in [1.54, 1.807) is 0 Å². The molecule has 0 radical (unpaired) electrons. The topological polar surface area (TPSA) is 48.1 Å². The fraction of sp³-hybridized carbons (Fsp3) is 0.909. The van der Waals surface area contributed by atoms with Crippen LogP contribution < -0.4 is 0 Å². The van der Waals surface area contributed by atoms with Gasteiger partial charge in [-0.25, -0.2) is 0 Å². The van der Waals surface area contributed by atoms with Gasteiger partial charge in [0.1, 0.15) is 5.78 Å². The number of carbonyl (C=O) groups is 1. The molecule has 1 saturated heterocycles. The van der Waals surface area contributed by atoms with Crippen molar-refractivity contribution >= 4 is 14.3 Å². The van der Waals surface area contributed by atoms with Gasteiger partial charge in [-0.3, -0.25) is 4.79 Å². The highest BCUT2D eigenvalue weighted by molar-refractivity contribution is 6.66. The molecule has 0 aliphatic carbocycles. The molecule has 0 spiro atoms. The van der Waals surface area contributed by atoms with E-state index >= 15 is 0 Å². The van der Waals surface area contributed by atoms with Crippen LogP contribution in [0, 0.1) is 0 Å². The van der Waals surface area contributed by atoms with Crippen LogP contribution >= 0.6 is 0 Å². The number of ketones is 1. The molecule has 0 amide bonds. The van der Waals surface area contributed by atoms with E-state index < -0.39 is 8.56 Å². The van der Waals surface area contributed by atoms with Crippen molar-refractivity contribution < 1.29 is 18.4 Å². The Morgan fingerprint density at radius 3 is 2.38 bits per heavy atom. The second-order valence-electron chi connectivity index (χ2n) is 4.20. The van der Waals surface area contributed by atoms with E-state index in [0.29, 0.717) is 26.1 Å². The largest absolute Gasteiger partial charge is 0.395 e. The van der Waals surface area contributed by atoms with Gasteiger partial charge in [0.2, 0.25) is 0 Å². The molecule has 1 aliphatic rings. The lowest BCUT2D eigenvalue weighted by Crippen LogP contribution is -2.39. The number of epoxide rings is 1. The van der Waals surface area contributed by atoms with Gasteiger partial charge in [0.15, 0.2) is 0 Å². The van der Waals surface area contributed by atoms with Crippen LogP contribution in [0.15, 0.2) is 0 Å². The van der Waals surface area contributed by atoms with Crippen molar-refractivity contribution in [3.63, 3.8) is 0 Å². The minimum Gasteiger partial charge on any atom is -0.395 e. The summed E-state index contributed by atoms with van der Waals surface area (Å²) < 4.78 is 16.4. The Bertz CT molecular complexity index is 222. The van der Waals surface area contributed by atoms with Crippen LogP contribution in [0.5, 0.6) is 0 Å². The summed E-state index contributed by atoms with van der Waals surface area (Å²) in [5.41, 5.74) is 0. The van der Waals surface area contributed by atoms with Gasteiger partial charge < -0.3 is 13.6 Å². The second kappa shape index (κ2) is 6.49. The molecule has 1 heterocycles. The van der Waals surface area contributed by atoms with Crippen LogP contribution in [0.2, 0.25) is 12.6 Å². The maximum atomic E-state index is 11.6. The third-order valence-corrected chi connectivity index (χ3v) is 5.57. The predicted octanol–water partition coefficient (Wildman–Crippen LogP) is 1.88. The Morgan fingerprint density at radius 1 is 1.38 bits per heavy atom. The number of ether oxygens (including phenoxy) is 1. The zero-order valence-corrected chi connectivity index (χ0v) is 11.5. The first-order valence-corrected chi connectivity index (χ1v) is 8.53. The predicted molar refractivity (Wildman–Crippen MR) is 63.7 cm³/mol. The first-order chi connectivity index (χ1) is 7.59. The van der Waals surface area contributed by atoms with E-state index in [1.165, 1.54) is 0 Å². The summed E-state index contributed by atoms with van der Waals surface area (Å²) in [4.78, 5) is 11.6. The highest BCUT2D eigenvalue weighted by Crippen LogP contribution is 2.20. The van der Waals surface area contributed by atoms with Gasteiger partial charge >= 0.3 is 8.56 Å². The van der Waals surface area contributed by atoms with Crippen LogP contribution in [0.3, 0.4) is 0 Å².